The van der Waals surface area contributed by atoms with Crippen molar-refractivity contribution >= 4 is 29.1 Å². The van der Waals surface area contributed by atoms with Gasteiger partial charge in [0.05, 0.1) is 5.69 Å². The van der Waals surface area contributed by atoms with Crippen LogP contribution in [0, 0.1) is 0 Å². The van der Waals surface area contributed by atoms with Crippen LogP contribution in [0.5, 0.6) is 5.75 Å². The van der Waals surface area contributed by atoms with E-state index in [2.05, 4.69) is 10.6 Å². The van der Waals surface area contributed by atoms with E-state index in [1.54, 1.807) is 18.2 Å². The lowest BCUT2D eigenvalue weighted by Gasteiger charge is -2.33. The fourth-order valence-electron chi connectivity index (χ4n) is 2.11. The molecule has 0 aromatic heterocycles. The molecule has 0 radical (unpaired) electrons. The van der Waals surface area contributed by atoms with Gasteiger partial charge in [-0.25, -0.2) is 0 Å². The van der Waals surface area contributed by atoms with E-state index in [0.717, 1.165) is 13.0 Å². The Hall–Kier alpha value is -1.79. The van der Waals surface area contributed by atoms with Crippen molar-refractivity contribution in [2.24, 2.45) is 0 Å². The monoisotopic (exact) mass is 325 g/mol. The molecular weight excluding hydrogens is 306 g/mol. The molecule has 22 heavy (non-hydrogen) atoms. The Bertz CT molecular complexity index is 591. The van der Waals surface area contributed by atoms with Crippen LogP contribution >= 0.6 is 11.6 Å². The number of carbonyl (C=O) groups excluding carboxylic acids is 2. The average molecular weight is 326 g/mol. The molecule has 0 saturated heterocycles. The zero-order valence-corrected chi connectivity index (χ0v) is 13.7. The molecule has 2 amide bonds. The molecule has 1 atom stereocenters. The van der Waals surface area contributed by atoms with E-state index in [9.17, 15) is 9.59 Å². The number of ether oxygens (including phenoxy) is 1. The first-order valence-electron chi connectivity index (χ1n) is 7.06. The van der Waals surface area contributed by atoms with Crippen molar-refractivity contribution in [3.8, 4) is 5.75 Å². The molecule has 6 nitrogen and oxygen atoms in total. The number of anilines is 1. The van der Waals surface area contributed by atoms with Crippen LogP contribution in [0.3, 0.4) is 0 Å². The van der Waals surface area contributed by atoms with Gasteiger partial charge < -0.3 is 20.3 Å². The van der Waals surface area contributed by atoms with Crippen molar-refractivity contribution in [3.05, 3.63) is 23.2 Å². The highest BCUT2D eigenvalue weighted by Gasteiger charge is 2.47. The molecule has 0 spiro atoms. The van der Waals surface area contributed by atoms with Gasteiger partial charge in [0, 0.05) is 11.6 Å². The van der Waals surface area contributed by atoms with Gasteiger partial charge in [-0.3, -0.25) is 9.59 Å². The van der Waals surface area contributed by atoms with Gasteiger partial charge >= 0.3 is 0 Å². The molecule has 120 valence electrons. The molecule has 0 bridgehead atoms. The summed E-state index contributed by atoms with van der Waals surface area (Å²) in [6.07, 6.45) is 0.794. The Morgan fingerprint density at radius 2 is 2.18 bits per heavy atom. The summed E-state index contributed by atoms with van der Waals surface area (Å²) in [4.78, 5) is 26.6. The zero-order valence-electron chi connectivity index (χ0n) is 12.9. The Morgan fingerprint density at radius 1 is 1.45 bits per heavy atom. The maximum atomic E-state index is 12.3. The number of carbonyl (C=O) groups is 2. The number of hydrogen-bond donors (Lipinski definition) is 2. The number of fused-ring (bicyclic) bond motifs is 1. The molecule has 0 saturated carbocycles. The van der Waals surface area contributed by atoms with Gasteiger partial charge in [0.15, 0.2) is 0 Å². The van der Waals surface area contributed by atoms with Crippen molar-refractivity contribution in [1.82, 2.24) is 10.2 Å². The highest BCUT2D eigenvalue weighted by molar-refractivity contribution is 6.31. The van der Waals surface area contributed by atoms with E-state index < -0.39 is 17.4 Å². The largest absolute Gasteiger partial charge is 0.466 e. The van der Waals surface area contributed by atoms with E-state index in [4.69, 9.17) is 16.3 Å². The van der Waals surface area contributed by atoms with Gasteiger partial charge in [-0.2, -0.15) is 0 Å². The fourth-order valence-corrected chi connectivity index (χ4v) is 2.28. The van der Waals surface area contributed by atoms with Crippen LogP contribution in [0.1, 0.15) is 13.3 Å². The first kappa shape index (κ1) is 16.6. The highest BCUT2D eigenvalue weighted by atomic mass is 35.5. The topological polar surface area (TPSA) is 70.7 Å². The van der Waals surface area contributed by atoms with E-state index in [1.807, 2.05) is 19.0 Å². The number of hydrogen-bond acceptors (Lipinski definition) is 4. The second kappa shape index (κ2) is 6.54. The third kappa shape index (κ3) is 3.51. The Labute approximate surface area is 134 Å². The van der Waals surface area contributed by atoms with Crippen LogP contribution in [0.15, 0.2) is 18.2 Å². The summed E-state index contributed by atoms with van der Waals surface area (Å²) in [5, 5.41) is 5.89. The zero-order chi connectivity index (χ0) is 16.3. The molecule has 0 aliphatic carbocycles. The molecule has 2 rings (SSSR count). The predicted octanol–water partition coefficient (Wildman–Crippen LogP) is 1.50. The fraction of sp³-hybridized carbons (Fsp3) is 0.467. The van der Waals surface area contributed by atoms with Crippen LogP contribution in [-0.4, -0.2) is 49.5 Å². The van der Waals surface area contributed by atoms with Crippen LogP contribution < -0.4 is 15.4 Å². The average Bonchev–Trinajstić information content (AvgIpc) is 2.45. The molecule has 1 unspecified atom stereocenters. The SMILES string of the molecule is CN(C)CCCNC(=O)C1(C)Oc2ccc(Cl)cc2NC1=O. The van der Waals surface area contributed by atoms with Gasteiger partial charge in [-0.05, 0) is 52.2 Å². The third-order valence-corrected chi connectivity index (χ3v) is 3.67. The van der Waals surface area contributed by atoms with Crippen LogP contribution in [0.25, 0.3) is 0 Å². The van der Waals surface area contributed by atoms with Crippen molar-refractivity contribution < 1.29 is 14.3 Å². The Morgan fingerprint density at radius 3 is 2.86 bits per heavy atom. The van der Waals surface area contributed by atoms with Gasteiger partial charge in [0.2, 0.25) is 0 Å². The number of nitrogens with zero attached hydrogens (tertiary/aromatic N) is 1. The number of halogens is 1. The number of nitrogens with one attached hydrogen (secondary N) is 2. The smallest absolute Gasteiger partial charge is 0.278 e. The Kier molecular flexibility index (Phi) is 4.93. The normalized spacial score (nSPS) is 20.1. The molecule has 2 N–H and O–H groups in total. The first-order chi connectivity index (χ1) is 10.3. The van der Waals surface area contributed by atoms with Crippen LogP contribution in [-0.2, 0) is 9.59 Å². The van der Waals surface area contributed by atoms with Crippen LogP contribution in [0.4, 0.5) is 5.69 Å². The predicted molar refractivity (Wildman–Crippen MR) is 85.3 cm³/mol. The van der Waals surface area contributed by atoms with Crippen LogP contribution in [0.2, 0.25) is 5.02 Å². The number of amides is 2. The molecule has 7 heteroatoms. The maximum Gasteiger partial charge on any atom is 0.278 e. The summed E-state index contributed by atoms with van der Waals surface area (Å²) < 4.78 is 5.63. The lowest BCUT2D eigenvalue weighted by atomic mass is 10.0. The van der Waals surface area contributed by atoms with Gasteiger partial charge in [0.1, 0.15) is 5.75 Å². The van der Waals surface area contributed by atoms with Crippen molar-refractivity contribution in [2.75, 3.05) is 32.5 Å². The summed E-state index contributed by atoms with van der Waals surface area (Å²) in [5.41, 5.74) is -1.12. The lowest BCUT2D eigenvalue weighted by Crippen LogP contribution is -2.58. The molecule has 1 aliphatic heterocycles. The van der Waals surface area contributed by atoms with Gasteiger partial charge in [0.25, 0.3) is 17.4 Å². The summed E-state index contributed by atoms with van der Waals surface area (Å²) >= 11 is 5.88. The van der Waals surface area contributed by atoms with Crippen molar-refractivity contribution in [3.63, 3.8) is 0 Å². The second-order valence-corrected chi connectivity index (χ2v) is 6.08. The summed E-state index contributed by atoms with van der Waals surface area (Å²) in [5.74, 6) is -0.535. The third-order valence-electron chi connectivity index (χ3n) is 3.44. The molecule has 0 fully saturated rings. The Balaban J connectivity index is 2.04. The minimum Gasteiger partial charge on any atom is -0.466 e. The molecular formula is C15H20ClN3O3. The number of benzene rings is 1. The van der Waals surface area contributed by atoms with Crippen molar-refractivity contribution in [2.45, 2.75) is 18.9 Å². The van der Waals surface area contributed by atoms with E-state index in [0.29, 0.717) is 23.0 Å². The maximum absolute atomic E-state index is 12.3. The van der Waals surface area contributed by atoms with E-state index >= 15 is 0 Å². The van der Waals surface area contributed by atoms with Gasteiger partial charge in [-0.1, -0.05) is 11.6 Å². The lowest BCUT2D eigenvalue weighted by molar-refractivity contribution is -0.146. The molecule has 1 aliphatic rings. The molecule has 1 aromatic rings. The quantitative estimate of drug-likeness (QED) is 0.636. The minimum absolute atomic E-state index is 0.426. The number of rotatable bonds is 5. The summed E-state index contributed by atoms with van der Waals surface area (Å²) in [6.45, 7) is 2.79. The van der Waals surface area contributed by atoms with E-state index in [1.165, 1.54) is 6.92 Å². The van der Waals surface area contributed by atoms with Crippen molar-refractivity contribution in [1.29, 1.82) is 0 Å². The summed E-state index contributed by atoms with van der Waals surface area (Å²) in [7, 11) is 3.92. The molecule has 1 heterocycles. The van der Waals surface area contributed by atoms with Gasteiger partial charge in [-0.15, -0.1) is 0 Å². The second-order valence-electron chi connectivity index (χ2n) is 5.64. The standard InChI is InChI=1S/C15H20ClN3O3/c1-15(13(20)17-7-4-8-19(2)3)14(21)18-11-9-10(16)5-6-12(11)22-15/h5-6,9H,4,7-8H2,1-3H3,(H,17,20)(H,18,21). The highest BCUT2D eigenvalue weighted by Crippen LogP contribution is 2.35. The van der Waals surface area contributed by atoms with E-state index in [-0.39, 0.29) is 0 Å². The first-order valence-corrected chi connectivity index (χ1v) is 7.44. The minimum atomic E-state index is -1.58. The summed E-state index contributed by atoms with van der Waals surface area (Å²) in [6, 6.07) is 4.87. The molecule has 1 aromatic carbocycles.